The van der Waals surface area contributed by atoms with E-state index in [1.54, 1.807) is 17.2 Å². The summed E-state index contributed by atoms with van der Waals surface area (Å²) in [6, 6.07) is 15.7. The molecule has 0 N–H and O–H groups in total. The second-order valence-electron chi connectivity index (χ2n) is 10.2. The largest absolute Gasteiger partial charge is 0.573 e. The molecule has 1 spiro atoms. The lowest BCUT2D eigenvalue weighted by Crippen LogP contribution is -2.49. The number of amides is 4. The Morgan fingerprint density at radius 2 is 1.59 bits per heavy atom. The van der Waals surface area contributed by atoms with Crippen LogP contribution >= 0.6 is 0 Å². The molecular formula is C29H26F3N5O4. The smallest absolute Gasteiger partial charge is 0.406 e. The quantitative estimate of drug-likeness (QED) is 0.411. The van der Waals surface area contributed by atoms with Gasteiger partial charge in [-0.15, -0.1) is 13.2 Å². The third-order valence-corrected chi connectivity index (χ3v) is 7.75. The molecule has 3 heterocycles. The van der Waals surface area contributed by atoms with Crippen LogP contribution in [-0.4, -0.2) is 70.7 Å². The standard InChI is InChI=1S/C29H26F3N5O4/c30-29(31,32)41-23-8-6-22(7-9-23)37-26(39)28(11-12-28)36(27(37)40)19-20-10-13-33-18-24(20)25(38)35-16-14-34(15-17-35)21-4-2-1-3-5-21/h1-10,13,18H,11-12,14-17,19H2. The Balaban J connectivity index is 1.18. The fraction of sp³-hybridized carbons (Fsp3) is 0.310. The first-order valence-corrected chi connectivity index (χ1v) is 13.2. The summed E-state index contributed by atoms with van der Waals surface area (Å²) in [5.41, 5.74) is 1.14. The van der Waals surface area contributed by atoms with Crippen LogP contribution in [0.4, 0.5) is 29.3 Å². The first-order chi connectivity index (χ1) is 19.7. The Kier molecular flexibility index (Phi) is 6.55. The van der Waals surface area contributed by atoms with Gasteiger partial charge in [-0.1, -0.05) is 18.2 Å². The molecule has 0 bridgehead atoms. The predicted octanol–water partition coefficient (Wildman–Crippen LogP) is 4.44. The molecule has 4 amide bonds. The lowest BCUT2D eigenvalue weighted by atomic mass is 10.1. The van der Waals surface area contributed by atoms with Gasteiger partial charge in [0.25, 0.3) is 11.8 Å². The number of alkyl halides is 3. The molecule has 0 unspecified atom stereocenters. The molecule has 9 nitrogen and oxygen atoms in total. The van der Waals surface area contributed by atoms with Crippen LogP contribution < -0.4 is 14.5 Å². The van der Waals surface area contributed by atoms with Gasteiger partial charge in [-0.25, -0.2) is 9.69 Å². The Labute approximate surface area is 233 Å². The van der Waals surface area contributed by atoms with Crippen molar-refractivity contribution in [3.8, 4) is 5.75 Å². The van der Waals surface area contributed by atoms with Crippen molar-refractivity contribution < 1.29 is 32.3 Å². The molecule has 212 valence electrons. The maximum atomic E-state index is 13.6. The molecule has 0 atom stereocenters. The molecular weight excluding hydrogens is 539 g/mol. The number of halogens is 3. The molecule has 0 radical (unpaired) electrons. The molecule has 6 rings (SSSR count). The molecule has 12 heteroatoms. The first kappa shape index (κ1) is 26.6. The topological polar surface area (TPSA) is 86.3 Å². The zero-order chi connectivity index (χ0) is 28.8. The minimum Gasteiger partial charge on any atom is -0.406 e. The van der Waals surface area contributed by atoms with E-state index >= 15 is 0 Å². The molecule has 3 fully saturated rings. The molecule has 1 aliphatic carbocycles. The summed E-state index contributed by atoms with van der Waals surface area (Å²) in [6.45, 7) is 2.42. The summed E-state index contributed by atoms with van der Waals surface area (Å²) in [5.74, 6) is -1.09. The van der Waals surface area contributed by atoms with Crippen LogP contribution in [0.2, 0.25) is 0 Å². The highest BCUT2D eigenvalue weighted by Crippen LogP contribution is 2.50. The van der Waals surface area contributed by atoms with E-state index in [0.717, 1.165) is 22.7 Å². The number of aromatic nitrogens is 1. The van der Waals surface area contributed by atoms with Gasteiger partial charge in [0.2, 0.25) is 0 Å². The van der Waals surface area contributed by atoms with Crippen LogP contribution in [0.1, 0.15) is 28.8 Å². The second-order valence-corrected chi connectivity index (χ2v) is 10.2. The van der Waals surface area contributed by atoms with Crippen LogP contribution in [-0.2, 0) is 11.3 Å². The average Bonchev–Trinajstić information content (AvgIpc) is 3.75. The van der Waals surface area contributed by atoms with Crippen molar-refractivity contribution in [3.63, 3.8) is 0 Å². The number of rotatable bonds is 6. The number of imide groups is 1. The molecule has 2 saturated heterocycles. The SMILES string of the molecule is O=C(c1cnccc1CN1C(=O)N(c2ccc(OC(F)(F)F)cc2)C(=O)C12CC2)N1CCN(c2ccccc2)CC1. The monoisotopic (exact) mass is 565 g/mol. The van der Waals surface area contributed by atoms with Crippen molar-refractivity contribution in [2.24, 2.45) is 0 Å². The Bertz CT molecular complexity index is 1470. The first-order valence-electron chi connectivity index (χ1n) is 13.2. The number of pyridine rings is 1. The Morgan fingerprint density at radius 3 is 2.22 bits per heavy atom. The predicted molar refractivity (Wildman–Crippen MR) is 142 cm³/mol. The average molecular weight is 566 g/mol. The highest BCUT2D eigenvalue weighted by atomic mass is 19.4. The highest BCUT2D eigenvalue weighted by molar-refractivity contribution is 6.24. The number of para-hydroxylation sites is 1. The van der Waals surface area contributed by atoms with Gasteiger partial charge in [0.1, 0.15) is 11.3 Å². The van der Waals surface area contributed by atoms with Gasteiger partial charge >= 0.3 is 12.4 Å². The van der Waals surface area contributed by atoms with Crippen LogP contribution in [0.5, 0.6) is 5.75 Å². The van der Waals surface area contributed by atoms with Crippen molar-refractivity contribution in [3.05, 3.63) is 84.2 Å². The fourth-order valence-corrected chi connectivity index (χ4v) is 5.46. The van der Waals surface area contributed by atoms with E-state index in [-0.39, 0.29) is 18.1 Å². The summed E-state index contributed by atoms with van der Waals surface area (Å²) >= 11 is 0. The molecule has 2 aromatic carbocycles. The van der Waals surface area contributed by atoms with E-state index in [2.05, 4.69) is 14.6 Å². The van der Waals surface area contributed by atoms with Gasteiger partial charge in [0, 0.05) is 50.8 Å². The summed E-state index contributed by atoms with van der Waals surface area (Å²) in [7, 11) is 0. The van der Waals surface area contributed by atoms with Crippen molar-refractivity contribution in [1.29, 1.82) is 0 Å². The number of benzene rings is 2. The van der Waals surface area contributed by atoms with E-state index in [4.69, 9.17) is 0 Å². The van der Waals surface area contributed by atoms with E-state index in [0.29, 0.717) is 50.1 Å². The Morgan fingerprint density at radius 1 is 0.902 bits per heavy atom. The number of anilines is 2. The maximum absolute atomic E-state index is 13.6. The van der Waals surface area contributed by atoms with E-state index in [9.17, 15) is 27.6 Å². The minimum absolute atomic E-state index is 0.0178. The number of carbonyl (C=O) groups excluding carboxylic acids is 3. The van der Waals surface area contributed by atoms with E-state index in [1.165, 1.54) is 23.2 Å². The van der Waals surface area contributed by atoms with Crippen molar-refractivity contribution in [1.82, 2.24) is 14.8 Å². The Hall–Kier alpha value is -4.61. The van der Waals surface area contributed by atoms with Gasteiger partial charge in [0.15, 0.2) is 0 Å². The third kappa shape index (κ3) is 5.05. The van der Waals surface area contributed by atoms with Crippen LogP contribution in [0.25, 0.3) is 0 Å². The summed E-state index contributed by atoms with van der Waals surface area (Å²) in [6.07, 6.45) is -0.915. The van der Waals surface area contributed by atoms with Gasteiger partial charge in [0.05, 0.1) is 11.3 Å². The van der Waals surface area contributed by atoms with E-state index in [1.807, 2.05) is 30.3 Å². The molecule has 1 aromatic heterocycles. The maximum Gasteiger partial charge on any atom is 0.573 e. The van der Waals surface area contributed by atoms with Crippen LogP contribution in [0, 0.1) is 0 Å². The van der Waals surface area contributed by atoms with Crippen LogP contribution in [0.15, 0.2) is 73.1 Å². The lowest BCUT2D eigenvalue weighted by Gasteiger charge is -2.36. The number of carbonyl (C=O) groups is 3. The summed E-state index contributed by atoms with van der Waals surface area (Å²) in [4.78, 5) is 51.1. The van der Waals surface area contributed by atoms with Gasteiger partial charge < -0.3 is 19.4 Å². The molecule has 2 aliphatic heterocycles. The summed E-state index contributed by atoms with van der Waals surface area (Å²) < 4.78 is 41.5. The number of piperazine rings is 1. The van der Waals surface area contributed by atoms with Crippen molar-refractivity contribution in [2.45, 2.75) is 31.3 Å². The molecule has 1 saturated carbocycles. The molecule has 3 aromatic rings. The number of hydrogen-bond donors (Lipinski definition) is 0. The number of nitrogens with zero attached hydrogens (tertiary/aromatic N) is 5. The summed E-state index contributed by atoms with van der Waals surface area (Å²) in [5, 5.41) is 0. The zero-order valence-electron chi connectivity index (χ0n) is 21.9. The molecule has 41 heavy (non-hydrogen) atoms. The molecule has 3 aliphatic rings. The number of urea groups is 1. The normalized spacial score (nSPS) is 18.3. The van der Waals surface area contributed by atoms with Gasteiger partial charge in [-0.05, 0) is 60.9 Å². The minimum atomic E-state index is -4.86. The third-order valence-electron chi connectivity index (χ3n) is 7.75. The van der Waals surface area contributed by atoms with Gasteiger partial charge in [-0.3, -0.25) is 14.6 Å². The zero-order valence-corrected chi connectivity index (χ0v) is 21.9. The van der Waals surface area contributed by atoms with Crippen LogP contribution in [0.3, 0.4) is 0 Å². The highest BCUT2D eigenvalue weighted by Gasteiger charge is 2.65. The lowest BCUT2D eigenvalue weighted by molar-refractivity contribution is -0.274. The fourth-order valence-electron chi connectivity index (χ4n) is 5.46. The van der Waals surface area contributed by atoms with E-state index < -0.39 is 29.6 Å². The van der Waals surface area contributed by atoms with Crippen molar-refractivity contribution >= 4 is 29.2 Å². The van der Waals surface area contributed by atoms with Gasteiger partial charge in [-0.2, -0.15) is 0 Å². The second kappa shape index (κ2) is 10.1. The number of hydrogen-bond acceptors (Lipinski definition) is 6. The van der Waals surface area contributed by atoms with Crippen molar-refractivity contribution in [2.75, 3.05) is 36.0 Å². The number of ether oxygens (including phenoxy) is 1.